The zero-order valence-electron chi connectivity index (χ0n) is 18.2. The van der Waals surface area contributed by atoms with Crippen LogP contribution in [-0.4, -0.2) is 79.0 Å². The Hall–Kier alpha value is -2.68. The number of anilines is 1. The number of likely N-dealkylation sites (tertiary alicyclic amines) is 1. The van der Waals surface area contributed by atoms with Gasteiger partial charge in [0.2, 0.25) is 5.91 Å². The molecule has 4 amide bonds. The minimum Gasteiger partial charge on any atom is -0.365 e. The van der Waals surface area contributed by atoms with Crippen LogP contribution in [0.1, 0.15) is 20.3 Å². The molecule has 0 radical (unpaired) electrons. The first-order valence-electron chi connectivity index (χ1n) is 10.8. The zero-order valence-corrected chi connectivity index (χ0v) is 18.2. The summed E-state index contributed by atoms with van der Waals surface area (Å²) in [5, 5.41) is 5.19. The second-order valence-corrected chi connectivity index (χ2v) is 9.21. The highest BCUT2D eigenvalue weighted by Gasteiger charge is 2.56. The van der Waals surface area contributed by atoms with Gasteiger partial charge in [-0.1, -0.05) is 13.0 Å². The highest BCUT2D eigenvalue weighted by atomic mass is 19.1. The molecule has 9 heteroatoms. The molecule has 3 heterocycles. The van der Waals surface area contributed by atoms with Crippen molar-refractivity contribution in [1.29, 1.82) is 0 Å². The van der Waals surface area contributed by atoms with Gasteiger partial charge in [-0.05, 0) is 38.6 Å². The van der Waals surface area contributed by atoms with Gasteiger partial charge < -0.3 is 20.0 Å². The Bertz CT molecular complexity index is 890. The number of hydrogen-bond donors (Lipinski definition) is 2. The van der Waals surface area contributed by atoms with Gasteiger partial charge in [0, 0.05) is 56.3 Å². The molecular weight excluding hydrogens is 401 g/mol. The van der Waals surface area contributed by atoms with Gasteiger partial charge in [0.15, 0.2) is 0 Å². The van der Waals surface area contributed by atoms with Crippen molar-refractivity contribution in [3.63, 3.8) is 0 Å². The predicted octanol–water partition coefficient (Wildman–Crippen LogP) is 1.03. The lowest BCUT2D eigenvalue weighted by atomic mass is 9.73. The summed E-state index contributed by atoms with van der Waals surface area (Å²) in [5.74, 6) is -1.06. The number of urea groups is 1. The van der Waals surface area contributed by atoms with Crippen LogP contribution in [0.2, 0.25) is 0 Å². The molecule has 31 heavy (non-hydrogen) atoms. The molecule has 0 spiro atoms. The molecule has 0 bridgehead atoms. The normalized spacial score (nSPS) is 28.2. The fourth-order valence-electron chi connectivity index (χ4n) is 5.19. The van der Waals surface area contributed by atoms with Crippen molar-refractivity contribution >= 4 is 23.5 Å². The Morgan fingerprint density at radius 1 is 1.26 bits per heavy atom. The third kappa shape index (κ3) is 3.98. The molecule has 168 valence electrons. The molecule has 0 saturated carbocycles. The van der Waals surface area contributed by atoms with Gasteiger partial charge >= 0.3 is 6.03 Å². The monoisotopic (exact) mass is 431 g/mol. The predicted molar refractivity (Wildman–Crippen MR) is 114 cm³/mol. The van der Waals surface area contributed by atoms with Crippen LogP contribution in [0.25, 0.3) is 0 Å². The first-order chi connectivity index (χ1) is 14.7. The van der Waals surface area contributed by atoms with Gasteiger partial charge in [-0.15, -0.1) is 0 Å². The topological polar surface area (TPSA) is 85.0 Å². The number of nitrogens with one attached hydrogen (secondary N) is 2. The van der Waals surface area contributed by atoms with Crippen molar-refractivity contribution in [3.05, 3.63) is 30.1 Å². The third-order valence-electron chi connectivity index (χ3n) is 6.86. The van der Waals surface area contributed by atoms with Crippen molar-refractivity contribution in [2.45, 2.75) is 31.8 Å². The standard InChI is InChI=1S/C22H30FN5O3/c1-14(10-22(16-12-26(3)13-16)20(30)24-21(31)25-22)19(29)27-7-8-28(15(2)11-27)18-6-4-5-17(23)9-18/h4-6,9,14-16H,7-8,10-13H2,1-3H3,(H2,24,25,30,31)/t14-,15+,22-/m1/s1. The quantitative estimate of drug-likeness (QED) is 0.681. The molecule has 4 rings (SSSR count). The van der Waals surface area contributed by atoms with Crippen LogP contribution in [0.15, 0.2) is 24.3 Å². The van der Waals surface area contributed by atoms with Gasteiger partial charge in [0.05, 0.1) is 0 Å². The number of imide groups is 1. The second-order valence-electron chi connectivity index (χ2n) is 9.21. The van der Waals surface area contributed by atoms with Crippen molar-refractivity contribution in [2.75, 3.05) is 44.7 Å². The number of rotatable bonds is 5. The van der Waals surface area contributed by atoms with E-state index in [1.165, 1.54) is 12.1 Å². The third-order valence-corrected chi connectivity index (χ3v) is 6.86. The van der Waals surface area contributed by atoms with Gasteiger partial charge in [0.25, 0.3) is 5.91 Å². The number of piperazine rings is 1. The first kappa shape index (κ1) is 21.5. The maximum absolute atomic E-state index is 13.6. The highest BCUT2D eigenvalue weighted by molar-refractivity contribution is 6.07. The summed E-state index contributed by atoms with van der Waals surface area (Å²) in [5.41, 5.74) is -0.223. The zero-order chi connectivity index (χ0) is 22.3. The molecule has 0 aromatic heterocycles. The van der Waals surface area contributed by atoms with Crippen molar-refractivity contribution in [1.82, 2.24) is 20.4 Å². The maximum Gasteiger partial charge on any atom is 0.322 e. The Morgan fingerprint density at radius 3 is 2.58 bits per heavy atom. The van der Waals surface area contributed by atoms with Crippen LogP contribution in [0.5, 0.6) is 0 Å². The number of halogens is 1. The van der Waals surface area contributed by atoms with E-state index in [1.54, 1.807) is 6.07 Å². The molecule has 3 aliphatic heterocycles. The van der Waals surface area contributed by atoms with E-state index in [0.29, 0.717) is 32.7 Å². The van der Waals surface area contributed by atoms with E-state index in [0.717, 1.165) is 5.69 Å². The lowest BCUT2D eigenvalue weighted by Gasteiger charge is -2.47. The smallest absolute Gasteiger partial charge is 0.322 e. The number of carbonyl (C=O) groups excluding carboxylic acids is 3. The van der Waals surface area contributed by atoms with E-state index in [1.807, 2.05) is 31.9 Å². The van der Waals surface area contributed by atoms with E-state index >= 15 is 0 Å². The van der Waals surface area contributed by atoms with Crippen molar-refractivity contribution in [3.8, 4) is 0 Å². The molecule has 3 saturated heterocycles. The summed E-state index contributed by atoms with van der Waals surface area (Å²) in [6.45, 7) is 6.92. The molecule has 8 nitrogen and oxygen atoms in total. The average molecular weight is 432 g/mol. The fraction of sp³-hybridized carbons (Fsp3) is 0.591. The molecule has 3 atom stereocenters. The minimum atomic E-state index is -1.03. The van der Waals surface area contributed by atoms with Crippen molar-refractivity contribution in [2.24, 2.45) is 11.8 Å². The van der Waals surface area contributed by atoms with Crippen LogP contribution < -0.4 is 15.5 Å². The largest absolute Gasteiger partial charge is 0.365 e. The minimum absolute atomic E-state index is 0.0112. The Kier molecular flexibility index (Phi) is 5.63. The Labute approximate surface area is 181 Å². The van der Waals surface area contributed by atoms with Gasteiger partial charge in [0.1, 0.15) is 11.4 Å². The number of amides is 4. The fourth-order valence-corrected chi connectivity index (χ4v) is 5.19. The van der Waals surface area contributed by atoms with E-state index in [2.05, 4.69) is 20.4 Å². The molecule has 2 N–H and O–H groups in total. The second kappa shape index (κ2) is 8.11. The summed E-state index contributed by atoms with van der Waals surface area (Å²) < 4.78 is 13.6. The van der Waals surface area contributed by atoms with Gasteiger partial charge in [-0.2, -0.15) is 0 Å². The SMILES string of the molecule is C[C@H](C[C@]1(C2CN(C)C2)NC(=O)NC1=O)C(=O)N1CCN(c2cccc(F)c2)[C@@H](C)C1. The molecule has 0 aliphatic carbocycles. The van der Waals surface area contributed by atoms with Crippen LogP contribution in [0.4, 0.5) is 14.9 Å². The number of benzene rings is 1. The first-order valence-corrected chi connectivity index (χ1v) is 10.8. The molecule has 0 unspecified atom stereocenters. The average Bonchev–Trinajstić information content (AvgIpc) is 2.98. The van der Waals surface area contributed by atoms with Gasteiger partial charge in [-0.25, -0.2) is 9.18 Å². The lowest BCUT2D eigenvalue weighted by molar-refractivity contribution is -0.138. The lowest BCUT2D eigenvalue weighted by Crippen LogP contribution is -2.65. The Balaban J connectivity index is 1.42. The summed E-state index contributed by atoms with van der Waals surface area (Å²) in [6, 6.07) is 6.04. The number of hydrogen-bond acceptors (Lipinski definition) is 5. The molecular formula is C22H30FN5O3. The molecule has 3 aliphatic rings. The summed E-state index contributed by atoms with van der Waals surface area (Å²) >= 11 is 0. The van der Waals surface area contributed by atoms with E-state index in [4.69, 9.17) is 0 Å². The van der Waals surface area contributed by atoms with E-state index < -0.39 is 17.5 Å². The highest BCUT2D eigenvalue weighted by Crippen LogP contribution is 2.35. The van der Waals surface area contributed by atoms with Crippen molar-refractivity contribution < 1.29 is 18.8 Å². The summed E-state index contributed by atoms with van der Waals surface area (Å²) in [4.78, 5) is 43.8. The van der Waals surface area contributed by atoms with E-state index in [9.17, 15) is 18.8 Å². The summed E-state index contributed by atoms with van der Waals surface area (Å²) in [7, 11) is 1.97. The Morgan fingerprint density at radius 2 is 2.00 bits per heavy atom. The number of nitrogens with zero attached hydrogens (tertiary/aromatic N) is 3. The van der Waals surface area contributed by atoms with Crippen LogP contribution in [0.3, 0.4) is 0 Å². The number of carbonyl (C=O) groups is 3. The van der Waals surface area contributed by atoms with Crippen LogP contribution in [-0.2, 0) is 9.59 Å². The maximum atomic E-state index is 13.6. The summed E-state index contributed by atoms with van der Waals surface area (Å²) in [6.07, 6.45) is 0.278. The molecule has 1 aromatic rings. The molecule has 1 aromatic carbocycles. The van der Waals surface area contributed by atoms with E-state index in [-0.39, 0.29) is 36.0 Å². The van der Waals surface area contributed by atoms with Crippen LogP contribution in [0, 0.1) is 17.7 Å². The van der Waals surface area contributed by atoms with Crippen LogP contribution >= 0.6 is 0 Å². The molecule has 3 fully saturated rings. The van der Waals surface area contributed by atoms with Gasteiger partial charge in [-0.3, -0.25) is 14.9 Å².